The third-order valence-electron chi connectivity index (χ3n) is 6.54. The molecule has 1 unspecified atom stereocenters. The van der Waals surface area contributed by atoms with Crippen molar-refractivity contribution in [2.75, 3.05) is 26.1 Å². The van der Waals surface area contributed by atoms with Gasteiger partial charge in [0.15, 0.2) is 0 Å². The van der Waals surface area contributed by atoms with Gasteiger partial charge in [0.25, 0.3) is 11.7 Å². The Hall–Kier alpha value is -3.28. The minimum atomic E-state index is -0.620. The molecule has 0 bridgehead atoms. The summed E-state index contributed by atoms with van der Waals surface area (Å²) in [5, 5.41) is 11.2. The number of rotatable bonds is 5. The van der Waals surface area contributed by atoms with Crippen LogP contribution in [-0.2, 0) is 9.59 Å². The molecule has 0 spiro atoms. The molecule has 0 aromatic heterocycles. The van der Waals surface area contributed by atoms with E-state index in [-0.39, 0.29) is 17.4 Å². The number of aliphatic hydroxyl groups is 1. The average molecular weight is 435 g/mol. The molecule has 1 heterocycles. The van der Waals surface area contributed by atoms with Crippen molar-refractivity contribution >= 4 is 23.1 Å². The van der Waals surface area contributed by atoms with Crippen LogP contribution in [0.2, 0.25) is 0 Å². The van der Waals surface area contributed by atoms with E-state index in [1.54, 1.807) is 36.3 Å². The highest BCUT2D eigenvalue weighted by Gasteiger charge is 2.48. The van der Waals surface area contributed by atoms with E-state index in [9.17, 15) is 14.7 Å². The molecule has 1 atom stereocenters. The van der Waals surface area contributed by atoms with Gasteiger partial charge >= 0.3 is 0 Å². The van der Waals surface area contributed by atoms with Crippen LogP contribution in [0.5, 0.6) is 5.75 Å². The highest BCUT2D eigenvalue weighted by molar-refractivity contribution is 6.46. The van der Waals surface area contributed by atoms with Crippen LogP contribution >= 0.6 is 0 Å². The molecule has 2 aromatic carbocycles. The van der Waals surface area contributed by atoms with E-state index in [0.29, 0.717) is 11.3 Å². The van der Waals surface area contributed by atoms with Crippen molar-refractivity contribution in [2.45, 2.75) is 44.2 Å². The summed E-state index contributed by atoms with van der Waals surface area (Å²) >= 11 is 0. The fourth-order valence-corrected chi connectivity index (χ4v) is 4.77. The van der Waals surface area contributed by atoms with Crippen LogP contribution in [0.25, 0.3) is 5.76 Å². The molecule has 2 aliphatic rings. The molecule has 32 heavy (non-hydrogen) atoms. The van der Waals surface area contributed by atoms with E-state index in [1.165, 1.54) is 0 Å². The molecule has 1 amide bonds. The number of anilines is 1. The van der Waals surface area contributed by atoms with Gasteiger partial charge in [0.1, 0.15) is 11.5 Å². The number of aliphatic hydroxyl groups excluding tert-OH is 1. The Bertz CT molecular complexity index is 1020. The van der Waals surface area contributed by atoms with Gasteiger partial charge < -0.3 is 19.6 Å². The maximum Gasteiger partial charge on any atom is 0.295 e. The van der Waals surface area contributed by atoms with Crippen LogP contribution in [0, 0.1) is 0 Å². The van der Waals surface area contributed by atoms with Gasteiger partial charge in [-0.15, -0.1) is 0 Å². The number of Topliss-reactive ketones (excluding diaryl/α,β-unsaturated/α-hetero) is 1. The Morgan fingerprint density at radius 3 is 2.16 bits per heavy atom. The van der Waals surface area contributed by atoms with Gasteiger partial charge in [-0.3, -0.25) is 9.59 Å². The van der Waals surface area contributed by atoms with E-state index in [0.717, 1.165) is 43.4 Å². The zero-order valence-corrected chi connectivity index (χ0v) is 18.9. The van der Waals surface area contributed by atoms with Crippen LogP contribution < -0.4 is 9.64 Å². The lowest BCUT2D eigenvalue weighted by molar-refractivity contribution is -0.141. The molecule has 1 saturated heterocycles. The van der Waals surface area contributed by atoms with Crippen LogP contribution in [0.4, 0.5) is 5.69 Å². The van der Waals surface area contributed by atoms with Crippen LogP contribution in [-0.4, -0.2) is 48.9 Å². The Kier molecular flexibility index (Phi) is 6.21. The van der Waals surface area contributed by atoms with E-state index >= 15 is 0 Å². The van der Waals surface area contributed by atoms with Crippen LogP contribution in [0.1, 0.15) is 49.3 Å². The molecule has 1 aliphatic carbocycles. The second kappa shape index (κ2) is 9.07. The lowest BCUT2D eigenvalue weighted by Crippen LogP contribution is -2.40. The predicted molar refractivity (Wildman–Crippen MR) is 125 cm³/mol. The Morgan fingerprint density at radius 2 is 1.59 bits per heavy atom. The monoisotopic (exact) mass is 434 g/mol. The number of carbonyl (C=O) groups is 2. The minimum Gasteiger partial charge on any atom is -0.507 e. The number of benzene rings is 2. The molecular formula is C26H30N2O4. The number of hydrogen-bond donors (Lipinski definition) is 1. The zero-order valence-electron chi connectivity index (χ0n) is 18.9. The third kappa shape index (κ3) is 3.97. The fraction of sp³-hybridized carbons (Fsp3) is 0.385. The van der Waals surface area contributed by atoms with Crippen molar-refractivity contribution in [3.63, 3.8) is 0 Å². The summed E-state index contributed by atoms with van der Waals surface area (Å²) in [4.78, 5) is 30.1. The number of ketones is 1. The number of nitrogens with zero attached hydrogens (tertiary/aromatic N) is 2. The van der Waals surface area contributed by atoms with Gasteiger partial charge in [0.2, 0.25) is 0 Å². The van der Waals surface area contributed by atoms with Gasteiger partial charge in [0.05, 0.1) is 18.7 Å². The summed E-state index contributed by atoms with van der Waals surface area (Å²) < 4.78 is 5.20. The topological polar surface area (TPSA) is 70.1 Å². The van der Waals surface area contributed by atoms with Gasteiger partial charge in [-0.25, -0.2) is 0 Å². The van der Waals surface area contributed by atoms with E-state index < -0.39 is 17.7 Å². The van der Waals surface area contributed by atoms with Crippen molar-refractivity contribution in [1.82, 2.24) is 4.90 Å². The second-order valence-electron chi connectivity index (χ2n) is 8.71. The highest BCUT2D eigenvalue weighted by atomic mass is 16.5. The van der Waals surface area contributed by atoms with E-state index in [4.69, 9.17) is 4.74 Å². The maximum absolute atomic E-state index is 13.2. The molecule has 4 rings (SSSR count). The van der Waals surface area contributed by atoms with E-state index in [1.807, 2.05) is 43.3 Å². The average Bonchev–Trinajstić information content (AvgIpc) is 3.09. The highest BCUT2D eigenvalue weighted by Crippen LogP contribution is 2.43. The Morgan fingerprint density at radius 1 is 0.969 bits per heavy atom. The summed E-state index contributed by atoms with van der Waals surface area (Å²) in [5.41, 5.74) is 2.50. The predicted octanol–water partition coefficient (Wildman–Crippen LogP) is 4.52. The summed E-state index contributed by atoms with van der Waals surface area (Å²) in [6.45, 7) is 0. The number of ether oxygens (including phenoxy) is 1. The molecule has 2 fully saturated rings. The lowest BCUT2D eigenvalue weighted by atomic mass is 9.91. The minimum absolute atomic E-state index is 0.0000994. The first-order valence-electron chi connectivity index (χ1n) is 11.1. The van der Waals surface area contributed by atoms with Crippen molar-refractivity contribution in [1.29, 1.82) is 0 Å². The van der Waals surface area contributed by atoms with Crippen LogP contribution in [0.3, 0.4) is 0 Å². The number of hydrogen-bond acceptors (Lipinski definition) is 5. The SMILES string of the molecule is COc1ccc(/C(O)=C2/C(=O)C(=O)N(C3CCCCC3)C2c2ccc(N(C)C)cc2)cc1. The van der Waals surface area contributed by atoms with E-state index in [2.05, 4.69) is 0 Å². The van der Waals surface area contributed by atoms with Crippen molar-refractivity contribution in [2.24, 2.45) is 0 Å². The standard InChI is InChI=1S/C26H30N2O4/c1-27(2)19-13-9-17(10-14-19)23-22(24(29)18-11-15-21(32-3)16-12-18)25(30)26(31)28(23)20-7-5-4-6-8-20/h9-16,20,23,29H,4-8H2,1-3H3/b24-22-. The van der Waals surface area contributed by atoms with Crippen molar-refractivity contribution in [3.05, 3.63) is 65.2 Å². The van der Waals surface area contributed by atoms with Gasteiger partial charge in [0, 0.05) is 31.4 Å². The van der Waals surface area contributed by atoms with Crippen LogP contribution in [0.15, 0.2) is 54.1 Å². The normalized spacial score (nSPS) is 21.1. The molecular weight excluding hydrogens is 404 g/mol. The summed E-state index contributed by atoms with van der Waals surface area (Å²) in [5.74, 6) is -0.634. The first-order valence-corrected chi connectivity index (χ1v) is 11.1. The summed E-state index contributed by atoms with van der Waals surface area (Å²) in [6.07, 6.45) is 4.98. The van der Waals surface area contributed by atoms with Gasteiger partial charge in [-0.1, -0.05) is 31.4 Å². The molecule has 1 aliphatic heterocycles. The lowest BCUT2D eigenvalue weighted by Gasteiger charge is -2.35. The molecule has 1 saturated carbocycles. The molecule has 6 heteroatoms. The summed E-state index contributed by atoms with van der Waals surface area (Å²) in [6, 6.07) is 14.1. The molecule has 0 radical (unpaired) electrons. The number of carbonyl (C=O) groups excluding carboxylic acids is 2. The van der Waals surface area contributed by atoms with Gasteiger partial charge in [-0.2, -0.15) is 0 Å². The second-order valence-corrected chi connectivity index (χ2v) is 8.71. The fourth-order valence-electron chi connectivity index (χ4n) is 4.77. The molecule has 6 nitrogen and oxygen atoms in total. The number of likely N-dealkylation sites (tertiary alicyclic amines) is 1. The van der Waals surface area contributed by atoms with Crippen molar-refractivity contribution in [3.8, 4) is 5.75 Å². The molecule has 2 aromatic rings. The Labute approximate surface area is 189 Å². The number of methoxy groups -OCH3 is 1. The maximum atomic E-state index is 13.2. The first kappa shape index (κ1) is 21.9. The van der Waals surface area contributed by atoms with Crippen molar-refractivity contribution < 1.29 is 19.4 Å². The Balaban J connectivity index is 1.83. The smallest absolute Gasteiger partial charge is 0.295 e. The first-order chi connectivity index (χ1) is 15.4. The third-order valence-corrected chi connectivity index (χ3v) is 6.54. The zero-order chi connectivity index (χ0) is 22.8. The van der Waals surface area contributed by atoms with Gasteiger partial charge in [-0.05, 0) is 54.8 Å². The number of amides is 1. The summed E-state index contributed by atoms with van der Waals surface area (Å²) in [7, 11) is 5.50. The quantitative estimate of drug-likeness (QED) is 0.426. The molecule has 1 N–H and O–H groups in total. The molecule has 168 valence electrons. The largest absolute Gasteiger partial charge is 0.507 e.